The maximum absolute atomic E-state index is 13.1. The van der Waals surface area contributed by atoms with Crippen molar-refractivity contribution in [3.8, 4) is 0 Å². The van der Waals surface area contributed by atoms with Gasteiger partial charge in [0.25, 0.3) is 11.7 Å². The van der Waals surface area contributed by atoms with Gasteiger partial charge in [-0.25, -0.2) is 4.79 Å². The third-order valence-electron chi connectivity index (χ3n) is 5.10. The number of nitrogens with zero attached hydrogens (tertiary/aromatic N) is 3. The molecule has 3 rings (SSSR count). The topological polar surface area (TPSA) is 100 Å². The highest BCUT2D eigenvalue weighted by atomic mass is 16.5. The first-order chi connectivity index (χ1) is 13.5. The number of ether oxygens (including phenoxy) is 2. The highest BCUT2D eigenvalue weighted by Gasteiger charge is 2.51. The Hall–Kier alpha value is -2.55. The molecule has 3 heterocycles. The molecule has 1 N–H and O–H groups in total. The monoisotopic (exact) mass is 391 g/mol. The van der Waals surface area contributed by atoms with Crippen LogP contribution in [0.15, 0.2) is 16.3 Å². The van der Waals surface area contributed by atoms with Crippen molar-refractivity contribution in [1.82, 2.24) is 10.2 Å². The quantitative estimate of drug-likeness (QED) is 0.644. The van der Waals surface area contributed by atoms with Crippen molar-refractivity contribution < 1.29 is 28.4 Å². The molecule has 3 aliphatic heterocycles. The molecule has 0 saturated carbocycles. The second kappa shape index (κ2) is 8.64. The number of hydrogen-bond donors (Lipinski definition) is 1. The Morgan fingerprint density at radius 3 is 2.86 bits per heavy atom. The first kappa shape index (κ1) is 20.2. The summed E-state index contributed by atoms with van der Waals surface area (Å²) in [6, 6.07) is -0.573. The molecule has 0 aromatic carbocycles. The number of carbonyl (C=O) groups excluding carboxylic acids is 3. The van der Waals surface area contributed by atoms with Gasteiger partial charge in [0, 0.05) is 18.7 Å². The van der Waals surface area contributed by atoms with Crippen LogP contribution in [0.1, 0.15) is 33.1 Å². The molecule has 2 atom stereocenters. The number of dihydropyridines is 1. The minimum Gasteiger partial charge on any atom is -0.496 e. The number of fused-ring (bicyclic) bond motifs is 1. The molecule has 0 spiro atoms. The van der Waals surface area contributed by atoms with Crippen LogP contribution >= 0.6 is 0 Å². The van der Waals surface area contributed by atoms with Gasteiger partial charge in [-0.3, -0.25) is 9.59 Å². The van der Waals surface area contributed by atoms with Crippen LogP contribution in [-0.2, 0) is 19.1 Å². The van der Waals surface area contributed by atoms with Gasteiger partial charge in [0.2, 0.25) is 0 Å². The third-order valence-corrected chi connectivity index (χ3v) is 5.10. The fourth-order valence-electron chi connectivity index (χ4n) is 3.59. The fourth-order valence-corrected chi connectivity index (χ4v) is 3.59. The Balaban J connectivity index is 1.78. The highest BCUT2D eigenvalue weighted by molar-refractivity contribution is 6.16. The summed E-state index contributed by atoms with van der Waals surface area (Å²) in [5.41, 5.74) is 0.814. The van der Waals surface area contributed by atoms with Gasteiger partial charge < -0.3 is 14.8 Å². The first-order valence-electron chi connectivity index (χ1n) is 9.72. The van der Waals surface area contributed by atoms with Gasteiger partial charge in [0.15, 0.2) is 12.5 Å². The lowest BCUT2D eigenvalue weighted by atomic mass is 9.94. The van der Waals surface area contributed by atoms with Crippen LogP contribution in [0.25, 0.3) is 0 Å². The van der Waals surface area contributed by atoms with Gasteiger partial charge in [-0.05, 0) is 26.2 Å². The predicted molar refractivity (Wildman–Crippen MR) is 101 cm³/mol. The van der Waals surface area contributed by atoms with Gasteiger partial charge in [0.1, 0.15) is 12.0 Å². The molecular weight excluding hydrogens is 364 g/mol. The zero-order valence-corrected chi connectivity index (χ0v) is 16.6. The molecule has 2 unspecified atom stereocenters. The normalized spacial score (nSPS) is 24.8. The number of carbonyl (C=O) groups is 3. The van der Waals surface area contributed by atoms with Gasteiger partial charge in [-0.1, -0.05) is 6.92 Å². The lowest BCUT2D eigenvalue weighted by molar-refractivity contribution is -0.408. The Morgan fingerprint density at radius 2 is 2.21 bits per heavy atom. The van der Waals surface area contributed by atoms with Gasteiger partial charge >= 0.3 is 11.9 Å². The van der Waals surface area contributed by atoms with Crippen LogP contribution in [-0.4, -0.2) is 78.8 Å². The van der Waals surface area contributed by atoms with E-state index < -0.39 is 23.8 Å². The summed E-state index contributed by atoms with van der Waals surface area (Å²) < 4.78 is 12.5. The maximum atomic E-state index is 13.1. The zero-order chi connectivity index (χ0) is 20.3. The predicted octanol–water partition coefficient (Wildman–Crippen LogP) is 0.686. The largest absolute Gasteiger partial charge is 0.496 e. The van der Waals surface area contributed by atoms with Crippen molar-refractivity contribution in [3.63, 3.8) is 0 Å². The number of nitrogens with one attached hydrogen (secondary N) is 1. The van der Waals surface area contributed by atoms with E-state index in [-0.39, 0.29) is 12.6 Å². The van der Waals surface area contributed by atoms with Crippen molar-refractivity contribution in [3.05, 3.63) is 11.3 Å². The van der Waals surface area contributed by atoms with E-state index in [0.717, 1.165) is 23.3 Å². The Labute approximate surface area is 164 Å². The van der Waals surface area contributed by atoms with Crippen LogP contribution in [0.4, 0.5) is 4.79 Å². The van der Waals surface area contributed by atoms with E-state index in [1.54, 1.807) is 13.3 Å². The maximum Gasteiger partial charge on any atom is 0.446 e. The fraction of sp³-hybridized carbons (Fsp3) is 0.632. The Morgan fingerprint density at radius 1 is 1.43 bits per heavy atom. The van der Waals surface area contributed by atoms with Crippen LogP contribution in [0, 0.1) is 5.92 Å². The standard InChI is InChI=1S/C19H26N4O5/c1-4-12-9-21-17-15(16(12)27-5-2)18(25)23(19(26)22(17)3)11-14(24)20-10-13-7-6-8-28-13/h9,13,15H,4-8,10-11H2,1-3H3/p+1. The number of imide groups is 1. The zero-order valence-electron chi connectivity index (χ0n) is 16.6. The number of allylic oxidation sites excluding steroid dienone is 1. The van der Waals surface area contributed by atoms with Crippen LogP contribution < -0.4 is 5.32 Å². The molecule has 0 aromatic rings. The number of aliphatic imine (C=N–C) groups is 1. The molecule has 9 nitrogen and oxygen atoms in total. The van der Waals surface area contributed by atoms with E-state index in [2.05, 4.69) is 10.3 Å². The van der Waals surface area contributed by atoms with E-state index in [1.165, 1.54) is 4.58 Å². The van der Waals surface area contributed by atoms with Crippen LogP contribution in [0.2, 0.25) is 0 Å². The molecular formula is C19H27N4O5+. The van der Waals surface area contributed by atoms with Crippen molar-refractivity contribution >= 4 is 29.9 Å². The molecule has 152 valence electrons. The number of urea groups is 1. The van der Waals surface area contributed by atoms with E-state index in [1.807, 2.05) is 13.8 Å². The van der Waals surface area contributed by atoms with E-state index in [9.17, 15) is 14.4 Å². The second-order valence-electron chi connectivity index (χ2n) is 6.93. The van der Waals surface area contributed by atoms with Crippen molar-refractivity contribution in [1.29, 1.82) is 0 Å². The number of amides is 4. The molecule has 9 heteroatoms. The smallest absolute Gasteiger partial charge is 0.446 e. The molecule has 1 saturated heterocycles. The van der Waals surface area contributed by atoms with Crippen molar-refractivity contribution in [2.75, 3.05) is 33.4 Å². The SMILES string of the molecule is CCOC1=C(CC)C=NC2=[N+](C)C(=O)N(CC(=O)NCC3CCCO3)C(=O)C12. The van der Waals surface area contributed by atoms with Gasteiger partial charge in [-0.15, -0.1) is 4.99 Å². The lowest BCUT2D eigenvalue weighted by Gasteiger charge is -2.29. The van der Waals surface area contributed by atoms with Crippen molar-refractivity contribution in [2.45, 2.75) is 39.2 Å². The summed E-state index contributed by atoms with van der Waals surface area (Å²) in [5.74, 6) is -0.869. The molecule has 0 aliphatic carbocycles. The summed E-state index contributed by atoms with van der Waals surface area (Å²) in [7, 11) is 1.55. The van der Waals surface area contributed by atoms with Gasteiger partial charge in [-0.2, -0.15) is 9.48 Å². The van der Waals surface area contributed by atoms with Crippen molar-refractivity contribution in [2.24, 2.45) is 10.9 Å². The molecule has 1 fully saturated rings. The second-order valence-corrected chi connectivity index (χ2v) is 6.93. The molecule has 28 heavy (non-hydrogen) atoms. The molecule has 0 radical (unpaired) electrons. The average molecular weight is 391 g/mol. The average Bonchev–Trinajstić information content (AvgIpc) is 3.21. The Bertz CT molecular complexity index is 764. The molecule has 4 amide bonds. The first-order valence-corrected chi connectivity index (χ1v) is 9.72. The molecule has 3 aliphatic rings. The highest BCUT2D eigenvalue weighted by Crippen LogP contribution is 2.29. The molecule has 0 aromatic heterocycles. The summed E-state index contributed by atoms with van der Waals surface area (Å²) >= 11 is 0. The van der Waals surface area contributed by atoms with Crippen LogP contribution in [0.3, 0.4) is 0 Å². The number of amidine groups is 1. The summed E-state index contributed by atoms with van der Waals surface area (Å²) in [4.78, 5) is 43.4. The summed E-state index contributed by atoms with van der Waals surface area (Å²) in [6.45, 7) is 4.90. The lowest BCUT2D eigenvalue weighted by Crippen LogP contribution is -2.57. The van der Waals surface area contributed by atoms with Crippen LogP contribution in [0.5, 0.6) is 0 Å². The number of hydrogen-bond acceptors (Lipinski definition) is 6. The van der Waals surface area contributed by atoms with E-state index in [0.29, 0.717) is 37.8 Å². The summed E-state index contributed by atoms with van der Waals surface area (Å²) in [6.07, 6.45) is 4.15. The Kier molecular flexibility index (Phi) is 6.23. The minimum atomic E-state index is -0.812. The van der Waals surface area contributed by atoms with E-state index >= 15 is 0 Å². The van der Waals surface area contributed by atoms with Gasteiger partial charge in [0.05, 0.1) is 19.8 Å². The van der Waals surface area contributed by atoms with E-state index in [4.69, 9.17) is 9.47 Å². The minimum absolute atomic E-state index is 0.00778. The number of rotatable bonds is 7. The molecule has 0 bridgehead atoms. The third kappa shape index (κ3) is 3.84. The summed E-state index contributed by atoms with van der Waals surface area (Å²) in [5, 5.41) is 2.75.